The van der Waals surface area contributed by atoms with Gasteiger partial charge in [-0.05, 0) is 17.7 Å². The third-order valence-corrected chi connectivity index (χ3v) is 5.94. The average molecular weight is 447 g/mol. The number of ketones is 1. The summed E-state index contributed by atoms with van der Waals surface area (Å²) in [5.74, 6) is 0.0717. The van der Waals surface area contributed by atoms with E-state index in [0.29, 0.717) is 5.56 Å². The number of rotatable bonds is 4. The summed E-state index contributed by atoms with van der Waals surface area (Å²) in [4.78, 5) is 12.0. The van der Waals surface area contributed by atoms with Crippen LogP contribution < -0.4 is 0 Å². The van der Waals surface area contributed by atoms with Crippen molar-refractivity contribution >= 4 is 53.6 Å². The van der Waals surface area contributed by atoms with E-state index in [1.165, 1.54) is 0 Å². The zero-order valence-corrected chi connectivity index (χ0v) is 14.7. The molecule has 0 fully saturated rings. The molecule has 0 aromatic heterocycles. The molecule has 98 valence electrons. The van der Waals surface area contributed by atoms with E-state index < -0.39 is 0 Å². The Morgan fingerprint density at radius 1 is 0.947 bits per heavy atom. The number of hydrogen-bond donors (Lipinski definition) is 0. The summed E-state index contributed by atoms with van der Waals surface area (Å²) in [7, 11) is 0. The molecule has 0 aliphatic rings. The van der Waals surface area contributed by atoms with Crippen LogP contribution in [0.5, 0.6) is 0 Å². The summed E-state index contributed by atoms with van der Waals surface area (Å²) < 4.78 is 1.00. The van der Waals surface area contributed by atoms with Gasteiger partial charge in [0.25, 0.3) is 0 Å². The monoisotopic (exact) mass is 444 g/mol. The zero-order chi connectivity index (χ0) is 13.8. The van der Waals surface area contributed by atoms with Crippen LogP contribution in [0.4, 0.5) is 0 Å². The second-order valence-corrected chi connectivity index (χ2v) is 6.98. The molecular weight excluding hydrogens is 436 g/mol. The van der Waals surface area contributed by atoms with Crippen molar-refractivity contribution in [1.29, 1.82) is 0 Å². The molecule has 2 aromatic rings. The van der Waals surface area contributed by atoms with Crippen LogP contribution in [0.1, 0.15) is 20.7 Å². The van der Waals surface area contributed by atoms with Crippen molar-refractivity contribution < 1.29 is 4.79 Å². The molecule has 0 saturated carbocycles. The van der Waals surface area contributed by atoms with Gasteiger partial charge in [0.05, 0.1) is 9.65 Å². The molecule has 2 unspecified atom stereocenters. The minimum atomic E-state index is -0.302. The summed E-state index contributed by atoms with van der Waals surface area (Å²) in [5, 5.41) is 0. The first-order valence-electron chi connectivity index (χ1n) is 5.72. The van der Waals surface area contributed by atoms with Gasteiger partial charge in [-0.2, -0.15) is 0 Å². The lowest BCUT2D eigenvalue weighted by Gasteiger charge is -2.16. The summed E-state index contributed by atoms with van der Waals surface area (Å²) in [6.07, 6.45) is 0. The Hall–Kier alpha value is -0.450. The van der Waals surface area contributed by atoms with E-state index in [2.05, 4.69) is 47.8 Å². The molecule has 0 heterocycles. The second-order valence-electron chi connectivity index (χ2n) is 4.09. The molecular formula is C15H11Br3O. The van der Waals surface area contributed by atoms with E-state index in [9.17, 15) is 4.79 Å². The van der Waals surface area contributed by atoms with Crippen molar-refractivity contribution in [1.82, 2.24) is 0 Å². The summed E-state index contributed by atoms with van der Waals surface area (Å²) in [6, 6.07) is 17.2. The highest BCUT2D eigenvalue weighted by Gasteiger charge is 2.25. The molecule has 0 radical (unpaired) electrons. The van der Waals surface area contributed by atoms with Crippen LogP contribution in [0.3, 0.4) is 0 Å². The van der Waals surface area contributed by atoms with E-state index in [1.807, 2.05) is 54.6 Å². The Bertz CT molecular complexity index is 569. The van der Waals surface area contributed by atoms with Gasteiger partial charge in [0.2, 0.25) is 0 Å². The predicted molar refractivity (Wildman–Crippen MR) is 89.3 cm³/mol. The number of halogens is 3. The number of carbonyl (C=O) groups excluding carboxylic acids is 1. The van der Waals surface area contributed by atoms with Crippen molar-refractivity contribution in [3.63, 3.8) is 0 Å². The zero-order valence-electron chi connectivity index (χ0n) is 9.89. The summed E-state index contributed by atoms with van der Waals surface area (Å²) in [6.45, 7) is 0. The average Bonchev–Trinajstić information content (AvgIpc) is 2.46. The highest BCUT2D eigenvalue weighted by atomic mass is 79.9. The quantitative estimate of drug-likeness (QED) is 0.445. The molecule has 0 aliphatic carbocycles. The van der Waals surface area contributed by atoms with Crippen LogP contribution in [0.2, 0.25) is 0 Å². The molecule has 0 amide bonds. The lowest BCUT2D eigenvalue weighted by molar-refractivity contribution is 0.0991. The topological polar surface area (TPSA) is 17.1 Å². The molecule has 0 aliphatic heterocycles. The van der Waals surface area contributed by atoms with Crippen LogP contribution in [0.15, 0.2) is 59.1 Å². The Morgan fingerprint density at radius 2 is 1.63 bits per heavy atom. The van der Waals surface area contributed by atoms with Gasteiger partial charge in [-0.15, -0.1) is 0 Å². The van der Waals surface area contributed by atoms with Gasteiger partial charge < -0.3 is 0 Å². The maximum atomic E-state index is 12.4. The Morgan fingerprint density at radius 3 is 2.26 bits per heavy atom. The molecule has 4 heteroatoms. The molecule has 19 heavy (non-hydrogen) atoms. The van der Waals surface area contributed by atoms with Gasteiger partial charge >= 0.3 is 0 Å². The number of hydrogen-bond acceptors (Lipinski definition) is 1. The maximum Gasteiger partial charge on any atom is 0.177 e. The number of benzene rings is 2. The van der Waals surface area contributed by atoms with Gasteiger partial charge in [-0.25, -0.2) is 0 Å². The number of Topliss-reactive ketones (excluding diaryl/α,β-unsaturated/α-hetero) is 1. The van der Waals surface area contributed by atoms with E-state index in [1.54, 1.807) is 0 Å². The molecule has 0 N–H and O–H groups in total. The molecule has 0 saturated heterocycles. The fourth-order valence-corrected chi connectivity index (χ4v) is 3.25. The Balaban J connectivity index is 2.20. The molecule has 0 bridgehead atoms. The number of alkyl halides is 2. The Labute approximate surface area is 137 Å². The van der Waals surface area contributed by atoms with E-state index in [4.69, 9.17) is 0 Å². The fraction of sp³-hybridized carbons (Fsp3) is 0.133. The van der Waals surface area contributed by atoms with Crippen LogP contribution in [0.25, 0.3) is 0 Å². The lowest BCUT2D eigenvalue weighted by atomic mass is 10.0. The molecule has 2 rings (SSSR count). The molecule has 2 atom stereocenters. The predicted octanol–water partition coefficient (Wildman–Crippen LogP) is 5.53. The van der Waals surface area contributed by atoms with Gasteiger partial charge in [0.1, 0.15) is 0 Å². The van der Waals surface area contributed by atoms with E-state index in [-0.39, 0.29) is 15.4 Å². The normalized spacial score (nSPS) is 13.8. The van der Waals surface area contributed by atoms with E-state index in [0.717, 1.165) is 10.0 Å². The Kier molecular flexibility index (Phi) is 5.37. The first kappa shape index (κ1) is 14.9. The fourth-order valence-electron chi connectivity index (χ4n) is 1.74. The van der Waals surface area contributed by atoms with Crippen LogP contribution >= 0.6 is 47.8 Å². The van der Waals surface area contributed by atoms with Gasteiger partial charge in [-0.3, -0.25) is 4.79 Å². The van der Waals surface area contributed by atoms with Crippen molar-refractivity contribution in [3.05, 3.63) is 70.2 Å². The van der Waals surface area contributed by atoms with Crippen LogP contribution in [-0.4, -0.2) is 10.6 Å². The van der Waals surface area contributed by atoms with Crippen LogP contribution in [0, 0.1) is 0 Å². The first-order valence-corrected chi connectivity index (χ1v) is 8.35. The number of carbonyl (C=O) groups is 1. The minimum absolute atomic E-state index is 0.0716. The van der Waals surface area contributed by atoms with Crippen molar-refractivity contribution in [2.75, 3.05) is 0 Å². The SMILES string of the molecule is O=C(c1ccccc1)C(Br)C(Br)c1cccc(Br)c1. The third kappa shape index (κ3) is 3.77. The molecule has 0 spiro atoms. The summed E-state index contributed by atoms with van der Waals surface area (Å²) in [5.41, 5.74) is 1.77. The maximum absolute atomic E-state index is 12.4. The molecule has 2 aromatic carbocycles. The van der Waals surface area contributed by atoms with Gasteiger partial charge in [0, 0.05) is 10.0 Å². The van der Waals surface area contributed by atoms with E-state index >= 15 is 0 Å². The highest BCUT2D eigenvalue weighted by Crippen LogP contribution is 2.34. The van der Waals surface area contributed by atoms with Crippen molar-refractivity contribution in [3.8, 4) is 0 Å². The van der Waals surface area contributed by atoms with Crippen molar-refractivity contribution in [2.24, 2.45) is 0 Å². The first-order chi connectivity index (χ1) is 9.09. The van der Waals surface area contributed by atoms with Gasteiger partial charge in [-0.1, -0.05) is 90.3 Å². The lowest BCUT2D eigenvalue weighted by Crippen LogP contribution is -2.19. The minimum Gasteiger partial charge on any atom is -0.293 e. The standard InChI is InChI=1S/C15H11Br3O/c16-12-8-4-7-11(9-12)13(17)14(18)15(19)10-5-2-1-3-6-10/h1-9,13-14H. The second kappa shape index (κ2) is 6.82. The van der Waals surface area contributed by atoms with Crippen molar-refractivity contribution in [2.45, 2.75) is 9.65 Å². The smallest absolute Gasteiger partial charge is 0.177 e. The van der Waals surface area contributed by atoms with Crippen LogP contribution in [-0.2, 0) is 0 Å². The highest BCUT2D eigenvalue weighted by molar-refractivity contribution is 9.12. The largest absolute Gasteiger partial charge is 0.293 e. The summed E-state index contributed by atoms with van der Waals surface area (Å²) >= 11 is 10.5. The van der Waals surface area contributed by atoms with Gasteiger partial charge in [0.15, 0.2) is 5.78 Å². The molecule has 1 nitrogen and oxygen atoms in total. The third-order valence-electron chi connectivity index (χ3n) is 2.73.